The molecule has 0 heterocycles. The summed E-state index contributed by atoms with van der Waals surface area (Å²) in [6, 6.07) is 5.95. The van der Waals surface area contributed by atoms with Crippen LogP contribution in [0, 0.1) is 5.92 Å². The molecule has 3 atom stereocenters. The van der Waals surface area contributed by atoms with Crippen molar-refractivity contribution in [1.82, 2.24) is 26.7 Å². The molecule has 1 rings (SSSR count). The molecule has 11 heteroatoms. The van der Waals surface area contributed by atoms with Crippen LogP contribution in [0.4, 0.5) is 0 Å². The summed E-state index contributed by atoms with van der Waals surface area (Å²) in [5, 5.41) is 18.8. The average Bonchev–Trinajstić information content (AvgIpc) is 2.76. The minimum atomic E-state index is -1.05. The highest BCUT2D eigenvalue weighted by molar-refractivity contribution is 5.94. The zero-order valence-corrected chi connectivity index (χ0v) is 19.3. The molecule has 0 aliphatic heterocycles. The van der Waals surface area contributed by atoms with E-state index < -0.39 is 41.8 Å². The standard InChI is InChI=1S/C22H33N5O6/c1-13(2)10-17(25-19(29)12-23-15(4)28)22(32)26-18(11-16-8-6-5-7-9-16)21(31)24-14(3)20(30)27-33/h5-9,13-14,17-18,33H,10-12H2,1-4H3,(H,23,28)(H,24,31)(H,25,29)(H,26,32)(H,27,30)/t14-,17-,18-/m0/s1. The molecule has 33 heavy (non-hydrogen) atoms. The van der Waals surface area contributed by atoms with Crippen molar-refractivity contribution in [3.8, 4) is 0 Å². The second-order valence-corrected chi connectivity index (χ2v) is 8.12. The summed E-state index contributed by atoms with van der Waals surface area (Å²) in [6.07, 6.45) is 0.445. The monoisotopic (exact) mass is 463 g/mol. The van der Waals surface area contributed by atoms with E-state index in [1.165, 1.54) is 19.3 Å². The van der Waals surface area contributed by atoms with E-state index in [2.05, 4.69) is 21.3 Å². The van der Waals surface area contributed by atoms with Crippen LogP contribution in [0.15, 0.2) is 30.3 Å². The minimum absolute atomic E-state index is 0.0523. The van der Waals surface area contributed by atoms with Gasteiger partial charge in [0.1, 0.15) is 18.1 Å². The fourth-order valence-corrected chi connectivity index (χ4v) is 2.96. The molecule has 0 aliphatic rings. The molecular formula is C22H33N5O6. The maximum atomic E-state index is 13.0. The second kappa shape index (κ2) is 13.8. The van der Waals surface area contributed by atoms with Crippen LogP contribution in [0.1, 0.15) is 39.7 Å². The molecule has 0 saturated heterocycles. The number of rotatable bonds is 12. The third-order valence-corrected chi connectivity index (χ3v) is 4.63. The van der Waals surface area contributed by atoms with Gasteiger partial charge in [-0.1, -0.05) is 44.2 Å². The van der Waals surface area contributed by atoms with Crippen molar-refractivity contribution in [1.29, 1.82) is 0 Å². The maximum absolute atomic E-state index is 13.0. The summed E-state index contributed by atoms with van der Waals surface area (Å²) in [5.41, 5.74) is 2.23. The molecular weight excluding hydrogens is 430 g/mol. The molecule has 182 valence electrons. The van der Waals surface area contributed by atoms with Gasteiger partial charge in [0.2, 0.25) is 23.6 Å². The number of amides is 5. The first-order valence-corrected chi connectivity index (χ1v) is 10.7. The van der Waals surface area contributed by atoms with E-state index in [0.717, 1.165) is 5.56 Å². The predicted molar refractivity (Wildman–Crippen MR) is 120 cm³/mol. The molecule has 1 aromatic rings. The van der Waals surface area contributed by atoms with Crippen LogP contribution in [-0.2, 0) is 30.4 Å². The number of hydrogen-bond donors (Lipinski definition) is 6. The fraction of sp³-hybridized carbons (Fsp3) is 0.500. The molecule has 11 nitrogen and oxygen atoms in total. The van der Waals surface area contributed by atoms with Crippen LogP contribution in [0.3, 0.4) is 0 Å². The summed E-state index contributed by atoms with van der Waals surface area (Å²) in [4.78, 5) is 60.6. The lowest BCUT2D eigenvalue weighted by molar-refractivity contribution is -0.136. The average molecular weight is 464 g/mol. The van der Waals surface area contributed by atoms with Crippen molar-refractivity contribution in [3.05, 3.63) is 35.9 Å². The minimum Gasteiger partial charge on any atom is -0.347 e. The van der Waals surface area contributed by atoms with Crippen LogP contribution >= 0.6 is 0 Å². The predicted octanol–water partition coefficient (Wildman–Crippen LogP) is -0.609. The van der Waals surface area contributed by atoms with Crippen molar-refractivity contribution < 1.29 is 29.2 Å². The number of benzene rings is 1. The van der Waals surface area contributed by atoms with Crippen molar-refractivity contribution in [2.75, 3.05) is 6.54 Å². The van der Waals surface area contributed by atoms with Crippen LogP contribution in [0.25, 0.3) is 0 Å². The normalized spacial score (nSPS) is 13.3. The van der Waals surface area contributed by atoms with Gasteiger partial charge in [-0.3, -0.25) is 29.2 Å². The molecule has 0 radical (unpaired) electrons. The zero-order valence-electron chi connectivity index (χ0n) is 19.3. The third kappa shape index (κ3) is 10.6. The molecule has 0 aliphatic carbocycles. The van der Waals surface area contributed by atoms with Gasteiger partial charge in [0.25, 0.3) is 5.91 Å². The van der Waals surface area contributed by atoms with E-state index >= 15 is 0 Å². The molecule has 0 spiro atoms. The Labute approximate surface area is 193 Å². The van der Waals surface area contributed by atoms with Crippen molar-refractivity contribution >= 4 is 29.5 Å². The van der Waals surface area contributed by atoms with Gasteiger partial charge in [-0.15, -0.1) is 0 Å². The fourth-order valence-electron chi connectivity index (χ4n) is 2.96. The van der Waals surface area contributed by atoms with E-state index in [1.807, 2.05) is 19.9 Å². The first-order valence-electron chi connectivity index (χ1n) is 10.7. The SMILES string of the molecule is CC(=O)NCC(=O)N[C@@H](CC(C)C)C(=O)N[C@@H](Cc1ccccc1)C(=O)N[C@@H](C)C(=O)NO. The zero-order chi connectivity index (χ0) is 25.0. The highest BCUT2D eigenvalue weighted by Gasteiger charge is 2.29. The smallest absolute Gasteiger partial charge is 0.265 e. The molecule has 0 aromatic heterocycles. The van der Waals surface area contributed by atoms with Crippen LogP contribution in [-0.4, -0.2) is 59.4 Å². The van der Waals surface area contributed by atoms with Gasteiger partial charge in [-0.2, -0.15) is 0 Å². The quantitative estimate of drug-likeness (QED) is 0.179. The van der Waals surface area contributed by atoms with E-state index in [9.17, 15) is 24.0 Å². The van der Waals surface area contributed by atoms with E-state index in [4.69, 9.17) is 5.21 Å². The summed E-state index contributed by atoms with van der Waals surface area (Å²) in [5.74, 6) is -2.88. The number of carbonyl (C=O) groups is 5. The number of hydrogen-bond acceptors (Lipinski definition) is 6. The number of carbonyl (C=O) groups excluding carboxylic acids is 5. The Morgan fingerprint density at radius 2 is 1.45 bits per heavy atom. The first kappa shape index (κ1) is 27.6. The van der Waals surface area contributed by atoms with Gasteiger partial charge in [-0.05, 0) is 24.8 Å². The molecule has 5 amide bonds. The van der Waals surface area contributed by atoms with E-state index in [0.29, 0.717) is 6.42 Å². The van der Waals surface area contributed by atoms with Gasteiger partial charge >= 0.3 is 0 Å². The Morgan fingerprint density at radius 3 is 2.00 bits per heavy atom. The van der Waals surface area contributed by atoms with Gasteiger partial charge in [0, 0.05) is 13.3 Å². The van der Waals surface area contributed by atoms with Crippen LogP contribution in [0.2, 0.25) is 0 Å². The van der Waals surface area contributed by atoms with Crippen molar-refractivity contribution in [2.24, 2.45) is 5.92 Å². The number of hydroxylamine groups is 1. The lowest BCUT2D eigenvalue weighted by atomic mass is 10.0. The first-order chi connectivity index (χ1) is 15.5. The molecule has 0 saturated carbocycles. The van der Waals surface area contributed by atoms with Gasteiger partial charge in [0.15, 0.2) is 0 Å². The molecule has 6 N–H and O–H groups in total. The Balaban J connectivity index is 3.00. The molecule has 0 unspecified atom stereocenters. The lowest BCUT2D eigenvalue weighted by Crippen LogP contribution is -2.57. The lowest BCUT2D eigenvalue weighted by Gasteiger charge is -2.25. The van der Waals surface area contributed by atoms with E-state index in [1.54, 1.807) is 24.3 Å². The van der Waals surface area contributed by atoms with Crippen LogP contribution < -0.4 is 26.7 Å². The van der Waals surface area contributed by atoms with E-state index in [-0.39, 0.29) is 24.8 Å². The summed E-state index contributed by atoms with van der Waals surface area (Å²) in [6.45, 7) is 6.14. The molecule has 0 fully saturated rings. The topological polar surface area (TPSA) is 166 Å². The van der Waals surface area contributed by atoms with Crippen molar-refractivity contribution in [3.63, 3.8) is 0 Å². The Kier molecular flexibility index (Phi) is 11.6. The highest BCUT2D eigenvalue weighted by Crippen LogP contribution is 2.08. The maximum Gasteiger partial charge on any atom is 0.265 e. The Morgan fingerprint density at radius 1 is 0.848 bits per heavy atom. The Bertz CT molecular complexity index is 830. The Hall–Kier alpha value is -3.47. The van der Waals surface area contributed by atoms with Gasteiger partial charge in [0.05, 0.1) is 6.54 Å². The van der Waals surface area contributed by atoms with Crippen molar-refractivity contribution in [2.45, 2.75) is 58.7 Å². The third-order valence-electron chi connectivity index (χ3n) is 4.63. The number of nitrogens with one attached hydrogen (secondary N) is 5. The van der Waals surface area contributed by atoms with Gasteiger partial charge in [-0.25, -0.2) is 5.48 Å². The highest BCUT2D eigenvalue weighted by atomic mass is 16.5. The van der Waals surface area contributed by atoms with Crippen LogP contribution in [0.5, 0.6) is 0 Å². The molecule has 0 bridgehead atoms. The van der Waals surface area contributed by atoms with Gasteiger partial charge < -0.3 is 21.3 Å². The second-order valence-electron chi connectivity index (χ2n) is 8.12. The summed E-state index contributed by atoms with van der Waals surface area (Å²) in [7, 11) is 0. The largest absolute Gasteiger partial charge is 0.347 e. The molecule has 1 aromatic carbocycles. The summed E-state index contributed by atoms with van der Waals surface area (Å²) < 4.78 is 0. The summed E-state index contributed by atoms with van der Waals surface area (Å²) >= 11 is 0.